The van der Waals surface area contributed by atoms with Crippen molar-refractivity contribution in [1.29, 1.82) is 0 Å². The van der Waals surface area contributed by atoms with Crippen molar-refractivity contribution >= 4 is 58.3 Å². The van der Waals surface area contributed by atoms with E-state index < -0.39 is 17.5 Å². The average Bonchev–Trinajstić information content (AvgIpc) is 3.59. The minimum Gasteiger partial charge on any atom is -0.483 e. The van der Waals surface area contributed by atoms with Gasteiger partial charge in [0.1, 0.15) is 23.1 Å². The third-order valence-electron chi connectivity index (χ3n) is 5.77. The van der Waals surface area contributed by atoms with Gasteiger partial charge in [-0.1, -0.05) is 29.8 Å². The van der Waals surface area contributed by atoms with Gasteiger partial charge in [-0.2, -0.15) is 5.10 Å². The second kappa shape index (κ2) is 13.3. The zero-order valence-electron chi connectivity index (χ0n) is 21.7. The minimum absolute atomic E-state index is 0.0900. The first-order chi connectivity index (χ1) is 20.4. The summed E-state index contributed by atoms with van der Waals surface area (Å²) in [6, 6.07) is 19.6. The fourth-order valence-electron chi connectivity index (χ4n) is 3.78. The quantitative estimate of drug-likeness (QED) is 0.129. The lowest BCUT2D eigenvalue weighted by Gasteiger charge is -2.13. The largest absolute Gasteiger partial charge is 0.483 e. The molecule has 1 saturated heterocycles. The Morgan fingerprint density at radius 3 is 2.62 bits per heavy atom. The van der Waals surface area contributed by atoms with Gasteiger partial charge >= 0.3 is 0 Å². The van der Waals surface area contributed by atoms with Crippen molar-refractivity contribution in [2.45, 2.75) is 6.54 Å². The summed E-state index contributed by atoms with van der Waals surface area (Å²) < 4.78 is 38.3. The van der Waals surface area contributed by atoms with Gasteiger partial charge in [0.2, 0.25) is 0 Å². The minimum atomic E-state index is -0.465. The predicted octanol–water partition coefficient (Wildman–Crippen LogP) is 6.74. The number of amidine groups is 1. The number of furan rings is 1. The van der Waals surface area contributed by atoms with E-state index in [0.717, 1.165) is 11.8 Å². The van der Waals surface area contributed by atoms with Crippen LogP contribution in [-0.2, 0) is 16.1 Å². The summed E-state index contributed by atoms with van der Waals surface area (Å²) >= 11 is 7.28. The van der Waals surface area contributed by atoms with Crippen LogP contribution in [0.25, 0.3) is 6.08 Å². The number of rotatable bonds is 9. The van der Waals surface area contributed by atoms with Gasteiger partial charge in [-0.25, -0.2) is 8.78 Å². The summed E-state index contributed by atoms with van der Waals surface area (Å²) in [6.07, 6.45) is 4.33. The topological polar surface area (TPSA) is 96.5 Å². The summed E-state index contributed by atoms with van der Waals surface area (Å²) in [5.41, 5.74) is 1.10. The zero-order valence-corrected chi connectivity index (χ0v) is 23.2. The van der Waals surface area contributed by atoms with E-state index >= 15 is 0 Å². The van der Waals surface area contributed by atoms with E-state index in [2.05, 4.69) is 15.5 Å². The lowest BCUT2D eigenvalue weighted by atomic mass is 10.2. The molecule has 4 aromatic rings. The molecular weight excluding hydrogens is 586 g/mol. The van der Waals surface area contributed by atoms with Gasteiger partial charge in [0.05, 0.1) is 23.9 Å². The maximum atomic E-state index is 14.0. The second-order valence-electron chi connectivity index (χ2n) is 8.76. The molecule has 5 rings (SSSR count). The van der Waals surface area contributed by atoms with E-state index in [1.54, 1.807) is 54.6 Å². The Morgan fingerprint density at radius 2 is 1.86 bits per heavy atom. The van der Waals surface area contributed by atoms with Crippen LogP contribution in [0.4, 0.5) is 14.5 Å². The standard InChI is InChI=1S/C30H21ClF2N4O4S/c31-21-7-12-26(41-18-28(38)35-23-10-8-22(32)9-11-23)20(14-21)15-27-29(39)37(17-24-5-3-13-40-24)30(42-27)36-34-16-19-4-1-2-6-25(19)33/h1-16H,17-18H2,(H,35,38)/b27-15-,34-16+,36-30-. The highest BCUT2D eigenvalue weighted by Gasteiger charge is 2.34. The van der Waals surface area contributed by atoms with Gasteiger partial charge in [0.15, 0.2) is 11.8 Å². The monoisotopic (exact) mass is 606 g/mol. The van der Waals surface area contributed by atoms with Crippen LogP contribution in [0.5, 0.6) is 5.75 Å². The number of amides is 2. The van der Waals surface area contributed by atoms with Crippen molar-refractivity contribution in [2.24, 2.45) is 10.2 Å². The molecule has 1 aliphatic heterocycles. The van der Waals surface area contributed by atoms with E-state index in [-0.39, 0.29) is 34.7 Å². The molecule has 2 amide bonds. The molecule has 0 saturated carbocycles. The molecule has 3 aromatic carbocycles. The molecule has 8 nitrogen and oxygen atoms in total. The lowest BCUT2D eigenvalue weighted by molar-refractivity contribution is -0.122. The summed E-state index contributed by atoms with van der Waals surface area (Å²) in [6.45, 7) is -0.259. The Kier molecular flexibility index (Phi) is 9.10. The number of anilines is 1. The maximum absolute atomic E-state index is 14.0. The van der Waals surface area contributed by atoms with Gasteiger partial charge in [-0.05, 0) is 78.5 Å². The molecule has 0 atom stereocenters. The highest BCUT2D eigenvalue weighted by molar-refractivity contribution is 8.18. The first-order valence-electron chi connectivity index (χ1n) is 12.4. The van der Waals surface area contributed by atoms with Crippen LogP contribution < -0.4 is 10.1 Å². The van der Waals surface area contributed by atoms with Gasteiger partial charge < -0.3 is 14.5 Å². The maximum Gasteiger partial charge on any atom is 0.267 e. The lowest BCUT2D eigenvalue weighted by Crippen LogP contribution is -2.28. The number of nitrogens with one attached hydrogen (secondary N) is 1. The smallest absolute Gasteiger partial charge is 0.267 e. The molecule has 1 N–H and O–H groups in total. The second-order valence-corrected chi connectivity index (χ2v) is 10.2. The van der Waals surface area contributed by atoms with Crippen molar-refractivity contribution < 1.29 is 27.5 Å². The average molecular weight is 607 g/mol. The van der Waals surface area contributed by atoms with Crippen molar-refractivity contribution in [3.8, 4) is 5.75 Å². The van der Waals surface area contributed by atoms with Gasteiger partial charge in [-0.3, -0.25) is 14.5 Å². The van der Waals surface area contributed by atoms with Crippen LogP contribution in [0.15, 0.2) is 105 Å². The van der Waals surface area contributed by atoms with E-state index in [1.807, 2.05) is 0 Å². The van der Waals surface area contributed by atoms with E-state index in [4.69, 9.17) is 20.8 Å². The fourth-order valence-corrected chi connectivity index (χ4v) is 4.89. The molecule has 0 aliphatic carbocycles. The van der Waals surface area contributed by atoms with Crippen molar-refractivity contribution in [2.75, 3.05) is 11.9 Å². The number of carbonyl (C=O) groups is 2. The van der Waals surface area contributed by atoms with Crippen molar-refractivity contribution in [1.82, 2.24) is 4.90 Å². The molecule has 0 spiro atoms. The number of halogens is 3. The van der Waals surface area contributed by atoms with Crippen LogP contribution in [0.1, 0.15) is 16.9 Å². The summed E-state index contributed by atoms with van der Waals surface area (Å²) in [5.74, 6) is -0.894. The highest BCUT2D eigenvalue weighted by Crippen LogP contribution is 2.36. The summed E-state index contributed by atoms with van der Waals surface area (Å²) in [4.78, 5) is 27.5. The Balaban J connectivity index is 1.37. The Morgan fingerprint density at radius 1 is 1.05 bits per heavy atom. The van der Waals surface area contributed by atoms with Gasteiger partial charge in [0.25, 0.3) is 11.8 Å². The molecule has 0 radical (unpaired) electrons. The van der Waals surface area contributed by atoms with E-state index in [1.165, 1.54) is 47.7 Å². The van der Waals surface area contributed by atoms with Crippen molar-refractivity contribution in [3.05, 3.63) is 124 Å². The third-order valence-corrected chi connectivity index (χ3v) is 7.00. The number of thioether (sulfide) groups is 1. The molecule has 2 heterocycles. The third kappa shape index (κ3) is 7.31. The predicted molar refractivity (Wildman–Crippen MR) is 158 cm³/mol. The fraction of sp³-hybridized carbons (Fsp3) is 0.0667. The first kappa shape index (κ1) is 28.8. The van der Waals surface area contributed by atoms with E-state index in [9.17, 15) is 18.4 Å². The Labute approximate surface area is 248 Å². The Hall–Kier alpha value is -4.74. The van der Waals surface area contributed by atoms with Crippen LogP contribution in [0, 0.1) is 11.6 Å². The number of benzene rings is 3. The number of hydrogen-bond acceptors (Lipinski definition) is 7. The molecule has 12 heteroatoms. The van der Waals surface area contributed by atoms with Crippen LogP contribution >= 0.6 is 23.4 Å². The van der Waals surface area contributed by atoms with Crippen LogP contribution in [0.3, 0.4) is 0 Å². The number of hydrogen-bond donors (Lipinski definition) is 1. The Bertz CT molecular complexity index is 1690. The molecular formula is C30H21ClF2N4O4S. The molecule has 1 aliphatic rings. The number of nitrogens with zero attached hydrogens (tertiary/aromatic N) is 3. The molecule has 42 heavy (non-hydrogen) atoms. The molecule has 1 fully saturated rings. The molecule has 1 aromatic heterocycles. The van der Waals surface area contributed by atoms with Crippen LogP contribution in [0.2, 0.25) is 5.02 Å². The molecule has 0 unspecified atom stereocenters. The molecule has 212 valence electrons. The highest BCUT2D eigenvalue weighted by atomic mass is 35.5. The van der Waals surface area contributed by atoms with Crippen LogP contribution in [-0.4, -0.2) is 34.7 Å². The number of carbonyl (C=O) groups excluding carboxylic acids is 2. The molecule has 0 bridgehead atoms. The van der Waals surface area contributed by atoms with E-state index in [0.29, 0.717) is 27.8 Å². The number of ether oxygens (including phenoxy) is 1. The van der Waals surface area contributed by atoms with Crippen molar-refractivity contribution in [3.63, 3.8) is 0 Å². The van der Waals surface area contributed by atoms with Gasteiger partial charge in [0, 0.05) is 21.8 Å². The first-order valence-corrected chi connectivity index (χ1v) is 13.6. The summed E-state index contributed by atoms with van der Waals surface area (Å²) in [7, 11) is 0. The zero-order chi connectivity index (χ0) is 29.5. The normalized spacial score (nSPS) is 15.2. The summed E-state index contributed by atoms with van der Waals surface area (Å²) in [5, 5.41) is 11.4. The SMILES string of the molecule is O=C(COc1ccc(Cl)cc1/C=C1\S/C(=N\N=C\c2ccccc2F)N(Cc2ccco2)C1=O)Nc1ccc(F)cc1. The van der Waals surface area contributed by atoms with Gasteiger partial charge in [-0.15, -0.1) is 5.10 Å².